The fourth-order valence-electron chi connectivity index (χ4n) is 3.05. The maximum absolute atomic E-state index is 12.5. The van der Waals surface area contributed by atoms with Crippen molar-refractivity contribution in [1.82, 2.24) is 9.88 Å². The van der Waals surface area contributed by atoms with Crippen molar-refractivity contribution in [2.24, 2.45) is 0 Å². The zero-order chi connectivity index (χ0) is 17.2. The molecule has 4 rings (SSSR count). The number of benzene rings is 2. The molecule has 1 amide bonds. The first-order chi connectivity index (χ1) is 12.2. The molecule has 1 aliphatic rings. The van der Waals surface area contributed by atoms with Gasteiger partial charge >= 0.3 is 0 Å². The van der Waals surface area contributed by atoms with Crippen LogP contribution in [0.15, 0.2) is 65.3 Å². The second-order valence-electron chi connectivity index (χ2n) is 6.14. The summed E-state index contributed by atoms with van der Waals surface area (Å²) in [5.41, 5.74) is 1.07. The lowest BCUT2D eigenvalue weighted by molar-refractivity contribution is -0.139. The lowest BCUT2D eigenvalue weighted by atomic mass is 10.0. The van der Waals surface area contributed by atoms with Crippen LogP contribution < -0.4 is 4.74 Å². The van der Waals surface area contributed by atoms with Crippen molar-refractivity contribution >= 4 is 32.6 Å². The van der Waals surface area contributed by atoms with E-state index in [1.165, 1.54) is 0 Å². The number of aromatic nitrogens is 1. The Labute approximate surface area is 154 Å². The van der Waals surface area contributed by atoms with Crippen LogP contribution in [-0.2, 0) is 11.2 Å². The van der Waals surface area contributed by atoms with Crippen LogP contribution in [0.3, 0.4) is 0 Å². The summed E-state index contributed by atoms with van der Waals surface area (Å²) >= 11 is 3.42. The van der Waals surface area contributed by atoms with Crippen molar-refractivity contribution in [2.75, 3.05) is 13.1 Å². The van der Waals surface area contributed by atoms with Crippen molar-refractivity contribution < 1.29 is 9.53 Å². The monoisotopic (exact) mass is 396 g/mol. The van der Waals surface area contributed by atoms with Gasteiger partial charge in [-0.1, -0.05) is 42.5 Å². The van der Waals surface area contributed by atoms with Crippen molar-refractivity contribution in [1.29, 1.82) is 0 Å². The molecule has 2 aromatic carbocycles. The van der Waals surface area contributed by atoms with E-state index in [9.17, 15) is 4.79 Å². The van der Waals surface area contributed by atoms with Crippen LogP contribution in [-0.4, -0.2) is 35.0 Å². The van der Waals surface area contributed by atoms with Gasteiger partial charge in [0.2, 0.25) is 11.8 Å². The fourth-order valence-corrected chi connectivity index (χ4v) is 3.40. The molecule has 4 nitrogen and oxygen atoms in total. The zero-order valence-electron chi connectivity index (χ0n) is 13.6. The van der Waals surface area contributed by atoms with Gasteiger partial charge in [0.1, 0.15) is 6.10 Å². The minimum absolute atomic E-state index is 0.00247. The van der Waals surface area contributed by atoms with Gasteiger partial charge in [-0.25, -0.2) is 4.98 Å². The first-order valence-electron chi connectivity index (χ1n) is 8.22. The summed E-state index contributed by atoms with van der Waals surface area (Å²) in [7, 11) is 0. The topological polar surface area (TPSA) is 42.4 Å². The number of pyridine rings is 1. The molecule has 1 saturated heterocycles. The molecule has 5 heteroatoms. The Balaban J connectivity index is 1.38. The number of carbonyl (C=O) groups is 1. The highest BCUT2D eigenvalue weighted by atomic mass is 79.9. The number of nitrogens with zero attached hydrogens (tertiary/aromatic N) is 2. The van der Waals surface area contributed by atoms with E-state index < -0.39 is 0 Å². The average molecular weight is 397 g/mol. The fraction of sp³-hybridized carbons (Fsp3) is 0.200. The first-order valence-corrected chi connectivity index (χ1v) is 9.01. The molecule has 1 aliphatic heterocycles. The van der Waals surface area contributed by atoms with E-state index in [1.807, 2.05) is 41.3 Å². The number of ether oxygens (including phenoxy) is 1. The molecule has 0 spiro atoms. The molecule has 0 N–H and O–H groups in total. The van der Waals surface area contributed by atoms with Crippen molar-refractivity contribution in [3.63, 3.8) is 0 Å². The molecular weight excluding hydrogens is 380 g/mol. The van der Waals surface area contributed by atoms with Gasteiger partial charge in [-0.05, 0) is 44.4 Å². The van der Waals surface area contributed by atoms with Gasteiger partial charge < -0.3 is 9.64 Å². The van der Waals surface area contributed by atoms with Crippen molar-refractivity contribution in [3.8, 4) is 5.88 Å². The van der Waals surface area contributed by atoms with E-state index in [4.69, 9.17) is 4.74 Å². The van der Waals surface area contributed by atoms with Gasteiger partial charge in [0, 0.05) is 6.20 Å². The van der Waals surface area contributed by atoms with E-state index in [0.29, 0.717) is 25.4 Å². The molecule has 25 heavy (non-hydrogen) atoms. The highest BCUT2D eigenvalue weighted by Crippen LogP contribution is 2.25. The number of carbonyl (C=O) groups excluding carboxylic acids is 1. The number of hydrogen-bond donors (Lipinski definition) is 0. The van der Waals surface area contributed by atoms with E-state index in [2.05, 4.69) is 39.1 Å². The quantitative estimate of drug-likeness (QED) is 0.672. The predicted molar refractivity (Wildman–Crippen MR) is 101 cm³/mol. The van der Waals surface area contributed by atoms with E-state index in [0.717, 1.165) is 20.8 Å². The van der Waals surface area contributed by atoms with Crippen molar-refractivity contribution in [3.05, 3.63) is 70.8 Å². The molecule has 3 aromatic rings. The highest BCUT2D eigenvalue weighted by Gasteiger charge is 2.32. The molecule has 0 atom stereocenters. The van der Waals surface area contributed by atoms with Crippen LogP contribution in [0.1, 0.15) is 5.56 Å². The van der Waals surface area contributed by atoms with Gasteiger partial charge in [-0.2, -0.15) is 0 Å². The number of rotatable bonds is 4. The van der Waals surface area contributed by atoms with Crippen LogP contribution in [0.5, 0.6) is 5.88 Å². The molecule has 1 aromatic heterocycles. The van der Waals surface area contributed by atoms with Crippen LogP contribution in [0, 0.1) is 0 Å². The Morgan fingerprint density at radius 2 is 1.92 bits per heavy atom. The molecule has 0 saturated carbocycles. The second kappa shape index (κ2) is 6.84. The third-order valence-electron chi connectivity index (χ3n) is 4.43. The molecule has 0 bridgehead atoms. The predicted octanol–water partition coefficient (Wildman–Crippen LogP) is 3.83. The largest absolute Gasteiger partial charge is 0.470 e. The third kappa shape index (κ3) is 3.37. The number of amides is 1. The average Bonchev–Trinajstić information content (AvgIpc) is 2.59. The molecule has 0 radical (unpaired) electrons. The number of hydrogen-bond acceptors (Lipinski definition) is 3. The minimum atomic E-state index is 0.00247. The van der Waals surface area contributed by atoms with Gasteiger partial charge in [-0.3, -0.25) is 4.79 Å². The van der Waals surface area contributed by atoms with Gasteiger partial charge in [0.15, 0.2) is 0 Å². The second-order valence-corrected chi connectivity index (χ2v) is 7.00. The molecule has 0 aliphatic carbocycles. The molecule has 0 unspecified atom stereocenters. The van der Waals surface area contributed by atoms with E-state index in [-0.39, 0.29) is 12.0 Å². The number of likely N-dealkylation sites (tertiary alicyclic amines) is 1. The summed E-state index contributed by atoms with van der Waals surface area (Å²) < 4.78 is 6.66. The van der Waals surface area contributed by atoms with E-state index >= 15 is 0 Å². The summed E-state index contributed by atoms with van der Waals surface area (Å²) in [6, 6.07) is 18.0. The highest BCUT2D eigenvalue weighted by molar-refractivity contribution is 9.10. The summed E-state index contributed by atoms with van der Waals surface area (Å²) in [6.45, 7) is 1.21. The van der Waals surface area contributed by atoms with Crippen LogP contribution in [0.2, 0.25) is 0 Å². The zero-order valence-corrected chi connectivity index (χ0v) is 15.1. The lowest BCUT2D eigenvalue weighted by Gasteiger charge is -2.38. The standard InChI is InChI=1S/C20H17BrN2O2/c21-18-9-4-10-22-20(18)25-16-12-23(13-16)19(24)11-15-7-3-6-14-5-1-2-8-17(14)15/h1-10,16H,11-13H2. The maximum Gasteiger partial charge on any atom is 0.228 e. The summed E-state index contributed by atoms with van der Waals surface area (Å²) in [5, 5.41) is 2.31. The van der Waals surface area contributed by atoms with Gasteiger partial charge in [0.05, 0.1) is 24.0 Å². The Hall–Kier alpha value is -2.40. The van der Waals surface area contributed by atoms with Crippen LogP contribution in [0.25, 0.3) is 10.8 Å². The van der Waals surface area contributed by atoms with Crippen LogP contribution >= 0.6 is 15.9 Å². The van der Waals surface area contributed by atoms with Gasteiger partial charge in [0.25, 0.3) is 0 Å². The normalized spacial score (nSPS) is 14.4. The minimum Gasteiger partial charge on any atom is -0.470 e. The Morgan fingerprint density at radius 1 is 1.12 bits per heavy atom. The van der Waals surface area contributed by atoms with Crippen molar-refractivity contribution in [2.45, 2.75) is 12.5 Å². The number of halogens is 1. The SMILES string of the molecule is O=C(Cc1cccc2ccccc12)N1CC(Oc2ncccc2Br)C1. The van der Waals surface area contributed by atoms with Gasteiger partial charge in [-0.15, -0.1) is 0 Å². The molecular formula is C20H17BrN2O2. The Morgan fingerprint density at radius 3 is 2.76 bits per heavy atom. The Bertz CT molecular complexity index is 917. The summed E-state index contributed by atoms with van der Waals surface area (Å²) in [6.07, 6.45) is 2.12. The Kier molecular flexibility index (Phi) is 4.40. The lowest BCUT2D eigenvalue weighted by Crippen LogP contribution is -2.56. The molecule has 1 fully saturated rings. The number of fused-ring (bicyclic) bond motifs is 1. The molecule has 126 valence electrons. The summed E-state index contributed by atoms with van der Waals surface area (Å²) in [5.74, 6) is 0.713. The smallest absolute Gasteiger partial charge is 0.228 e. The van der Waals surface area contributed by atoms with E-state index in [1.54, 1.807) is 6.20 Å². The van der Waals surface area contributed by atoms with Crippen LogP contribution in [0.4, 0.5) is 0 Å². The third-order valence-corrected chi connectivity index (χ3v) is 5.03. The maximum atomic E-state index is 12.5. The summed E-state index contributed by atoms with van der Waals surface area (Å²) in [4.78, 5) is 18.6. The first kappa shape index (κ1) is 16.1. The molecule has 2 heterocycles.